The molecule has 0 amide bonds. The molecule has 1 rings (SSSR count). The minimum absolute atomic E-state index is 0.146. The molecular weight excluding hydrogens is 282 g/mol. The molecule has 0 aliphatic rings. The first-order chi connectivity index (χ1) is 7.99. The Kier molecular flexibility index (Phi) is 5.88. The fourth-order valence-corrected chi connectivity index (χ4v) is 3.94. The van der Waals surface area contributed by atoms with Gasteiger partial charge in [0.15, 0.2) is 0 Å². The quantitative estimate of drug-likeness (QED) is 0.781. The van der Waals surface area contributed by atoms with Crippen molar-refractivity contribution in [2.75, 3.05) is 19.5 Å². The maximum atomic E-state index is 11.9. The number of ether oxygens (including phenoxy) is 1. The summed E-state index contributed by atoms with van der Waals surface area (Å²) in [5.41, 5.74) is 0. The van der Waals surface area contributed by atoms with E-state index in [1.807, 2.05) is 0 Å². The Bertz CT molecular complexity index is 444. The second-order valence-corrected chi connectivity index (χ2v) is 7.10. The van der Waals surface area contributed by atoms with Gasteiger partial charge in [-0.1, -0.05) is 0 Å². The maximum absolute atomic E-state index is 11.9. The number of halogens is 1. The summed E-state index contributed by atoms with van der Waals surface area (Å²) >= 11 is 6.85. The molecule has 7 heteroatoms. The Morgan fingerprint density at radius 2 is 2.24 bits per heavy atom. The molecule has 1 N–H and O–H groups in total. The lowest BCUT2D eigenvalue weighted by Crippen LogP contribution is -2.31. The van der Waals surface area contributed by atoms with Crippen LogP contribution >= 0.6 is 22.9 Å². The van der Waals surface area contributed by atoms with Crippen molar-refractivity contribution < 1.29 is 13.2 Å². The van der Waals surface area contributed by atoms with Crippen LogP contribution < -0.4 is 4.72 Å². The number of hydrogen-bond acceptors (Lipinski definition) is 4. The van der Waals surface area contributed by atoms with Gasteiger partial charge in [0.1, 0.15) is 4.21 Å². The molecule has 0 aliphatic carbocycles. The van der Waals surface area contributed by atoms with Crippen LogP contribution in [0.5, 0.6) is 0 Å². The Balaban J connectivity index is 2.68. The first-order valence-corrected chi connectivity index (χ1v) is 8.00. The highest BCUT2D eigenvalue weighted by molar-refractivity contribution is 7.91. The zero-order valence-electron chi connectivity index (χ0n) is 9.77. The SMILES string of the molecule is COC(C)CNS(=O)(=O)c1ccc(CCCl)s1. The number of aryl methyl sites for hydroxylation is 1. The average Bonchev–Trinajstić information content (AvgIpc) is 2.76. The van der Waals surface area contributed by atoms with E-state index in [0.29, 0.717) is 16.5 Å². The van der Waals surface area contributed by atoms with E-state index in [1.165, 1.54) is 11.3 Å². The summed E-state index contributed by atoms with van der Waals surface area (Å²) < 4.78 is 31.6. The highest BCUT2D eigenvalue weighted by Gasteiger charge is 2.17. The van der Waals surface area contributed by atoms with Gasteiger partial charge in [0, 0.05) is 24.4 Å². The lowest BCUT2D eigenvalue weighted by Gasteiger charge is -2.10. The first-order valence-electron chi connectivity index (χ1n) is 5.16. The molecule has 0 radical (unpaired) electrons. The number of nitrogens with one attached hydrogen (secondary N) is 1. The molecule has 0 spiro atoms. The van der Waals surface area contributed by atoms with E-state index < -0.39 is 10.0 Å². The van der Waals surface area contributed by atoms with Gasteiger partial charge in [-0.15, -0.1) is 22.9 Å². The normalized spacial score (nSPS) is 13.8. The molecule has 1 aromatic heterocycles. The Morgan fingerprint density at radius 1 is 1.53 bits per heavy atom. The average molecular weight is 298 g/mol. The van der Waals surface area contributed by atoms with Gasteiger partial charge in [0.2, 0.25) is 10.0 Å². The Labute approximate surface area is 111 Å². The van der Waals surface area contributed by atoms with Crippen LogP contribution in [0.1, 0.15) is 11.8 Å². The monoisotopic (exact) mass is 297 g/mol. The van der Waals surface area contributed by atoms with Crippen molar-refractivity contribution in [1.29, 1.82) is 0 Å². The molecule has 0 bridgehead atoms. The van der Waals surface area contributed by atoms with Gasteiger partial charge in [-0.2, -0.15) is 0 Å². The molecule has 0 aliphatic heterocycles. The number of alkyl halides is 1. The highest BCUT2D eigenvalue weighted by Crippen LogP contribution is 2.22. The van der Waals surface area contributed by atoms with E-state index in [0.717, 1.165) is 4.88 Å². The third kappa shape index (κ3) is 4.56. The molecule has 1 aromatic rings. The van der Waals surface area contributed by atoms with Gasteiger partial charge in [-0.05, 0) is 25.5 Å². The van der Waals surface area contributed by atoms with Gasteiger partial charge >= 0.3 is 0 Å². The second-order valence-electron chi connectivity index (χ2n) is 3.56. The summed E-state index contributed by atoms with van der Waals surface area (Å²) in [7, 11) is -1.87. The number of rotatable bonds is 7. The van der Waals surface area contributed by atoms with Crippen molar-refractivity contribution in [3.63, 3.8) is 0 Å². The van der Waals surface area contributed by atoms with Gasteiger partial charge in [0.05, 0.1) is 6.10 Å². The summed E-state index contributed by atoms with van der Waals surface area (Å²) in [5.74, 6) is 0.494. The molecule has 4 nitrogen and oxygen atoms in total. The van der Waals surface area contributed by atoms with Crippen molar-refractivity contribution >= 4 is 33.0 Å². The van der Waals surface area contributed by atoms with Crippen LogP contribution in [0.4, 0.5) is 0 Å². The van der Waals surface area contributed by atoms with Gasteiger partial charge in [-0.25, -0.2) is 13.1 Å². The van der Waals surface area contributed by atoms with Crippen LogP contribution in [-0.2, 0) is 21.2 Å². The third-order valence-corrected chi connectivity index (χ3v) is 5.46. The number of sulfonamides is 1. The smallest absolute Gasteiger partial charge is 0.250 e. The van der Waals surface area contributed by atoms with Crippen LogP contribution in [0.3, 0.4) is 0 Å². The lowest BCUT2D eigenvalue weighted by molar-refractivity contribution is 0.122. The van der Waals surface area contributed by atoms with Crippen LogP contribution in [-0.4, -0.2) is 34.1 Å². The number of methoxy groups -OCH3 is 1. The number of thiophene rings is 1. The largest absolute Gasteiger partial charge is 0.380 e. The van der Waals surface area contributed by atoms with Gasteiger partial charge in [-0.3, -0.25) is 0 Å². The van der Waals surface area contributed by atoms with Crippen LogP contribution in [0, 0.1) is 0 Å². The van der Waals surface area contributed by atoms with E-state index in [1.54, 1.807) is 26.2 Å². The van der Waals surface area contributed by atoms with E-state index >= 15 is 0 Å². The van der Waals surface area contributed by atoms with Crippen molar-refractivity contribution in [1.82, 2.24) is 4.72 Å². The van der Waals surface area contributed by atoms with E-state index in [9.17, 15) is 8.42 Å². The van der Waals surface area contributed by atoms with Crippen molar-refractivity contribution in [3.8, 4) is 0 Å². The summed E-state index contributed by atoms with van der Waals surface area (Å²) in [6.45, 7) is 2.07. The van der Waals surface area contributed by atoms with Crippen LogP contribution in [0.15, 0.2) is 16.3 Å². The number of hydrogen-bond donors (Lipinski definition) is 1. The fraction of sp³-hybridized carbons (Fsp3) is 0.600. The molecule has 1 heterocycles. The molecule has 98 valence electrons. The molecule has 17 heavy (non-hydrogen) atoms. The molecule has 1 unspecified atom stereocenters. The zero-order valence-corrected chi connectivity index (χ0v) is 12.2. The maximum Gasteiger partial charge on any atom is 0.250 e. The minimum Gasteiger partial charge on any atom is -0.380 e. The lowest BCUT2D eigenvalue weighted by atomic mass is 10.4. The fourth-order valence-electron chi connectivity index (χ4n) is 1.11. The van der Waals surface area contributed by atoms with Crippen molar-refractivity contribution in [2.45, 2.75) is 23.7 Å². The summed E-state index contributed by atoms with van der Waals surface area (Å²) in [5, 5.41) is 0. The first kappa shape index (κ1) is 14.9. The van der Waals surface area contributed by atoms with Gasteiger partial charge in [0.25, 0.3) is 0 Å². The van der Waals surface area contributed by atoms with E-state index in [2.05, 4.69) is 4.72 Å². The van der Waals surface area contributed by atoms with Gasteiger partial charge < -0.3 is 4.74 Å². The van der Waals surface area contributed by atoms with E-state index in [4.69, 9.17) is 16.3 Å². The summed E-state index contributed by atoms with van der Waals surface area (Å²) in [6.07, 6.45) is 0.544. The summed E-state index contributed by atoms with van der Waals surface area (Å²) in [4.78, 5) is 0.972. The molecule has 0 saturated carbocycles. The highest BCUT2D eigenvalue weighted by atomic mass is 35.5. The van der Waals surface area contributed by atoms with E-state index in [-0.39, 0.29) is 12.6 Å². The molecule has 0 saturated heterocycles. The molecular formula is C10H16ClNO3S2. The Morgan fingerprint density at radius 3 is 2.82 bits per heavy atom. The summed E-state index contributed by atoms with van der Waals surface area (Å²) in [6, 6.07) is 3.40. The van der Waals surface area contributed by atoms with Crippen LogP contribution in [0.25, 0.3) is 0 Å². The molecule has 0 fully saturated rings. The topological polar surface area (TPSA) is 55.4 Å². The van der Waals surface area contributed by atoms with Crippen LogP contribution in [0.2, 0.25) is 0 Å². The second kappa shape index (κ2) is 6.70. The Hall–Kier alpha value is -0.140. The molecule has 1 atom stereocenters. The predicted octanol–water partition coefficient (Wildman–Crippen LogP) is 1.84. The third-order valence-electron chi connectivity index (χ3n) is 2.21. The standard InChI is InChI=1S/C10H16ClNO3S2/c1-8(15-2)7-12-17(13,14)10-4-3-9(16-10)5-6-11/h3-4,8,12H,5-7H2,1-2H3. The van der Waals surface area contributed by atoms with Crippen molar-refractivity contribution in [2.24, 2.45) is 0 Å². The predicted molar refractivity (Wildman–Crippen MR) is 70.4 cm³/mol. The zero-order chi connectivity index (χ0) is 12.9. The minimum atomic E-state index is -3.42. The molecule has 0 aromatic carbocycles. The van der Waals surface area contributed by atoms with Crippen molar-refractivity contribution in [3.05, 3.63) is 17.0 Å².